The molecule has 0 radical (unpaired) electrons. The van der Waals surface area contributed by atoms with Gasteiger partial charge in [0.2, 0.25) is 0 Å². The third-order valence-electron chi connectivity index (χ3n) is 4.38. The van der Waals surface area contributed by atoms with Crippen LogP contribution in [0.2, 0.25) is 0 Å². The molecule has 0 fully saturated rings. The van der Waals surface area contributed by atoms with Gasteiger partial charge in [-0.05, 0) is 48.0 Å². The molecule has 148 valence electrons. The molecule has 0 aliphatic heterocycles. The van der Waals surface area contributed by atoms with Crippen LogP contribution in [0.15, 0.2) is 90.5 Å². The predicted octanol–water partition coefficient (Wildman–Crippen LogP) is 4.67. The zero-order chi connectivity index (χ0) is 20.8. The lowest BCUT2D eigenvalue weighted by atomic mass is 10.1. The predicted molar refractivity (Wildman–Crippen MR) is 120 cm³/mol. The van der Waals surface area contributed by atoms with E-state index in [9.17, 15) is 4.79 Å². The van der Waals surface area contributed by atoms with E-state index in [1.165, 1.54) is 0 Å². The molecule has 6 nitrogen and oxygen atoms in total. The number of nitrogens with zero attached hydrogens (tertiary/aromatic N) is 3. The van der Waals surface area contributed by atoms with E-state index in [4.69, 9.17) is 5.73 Å². The molecule has 2 aromatic heterocycles. The van der Waals surface area contributed by atoms with Gasteiger partial charge < -0.3 is 11.1 Å². The summed E-state index contributed by atoms with van der Waals surface area (Å²) in [6, 6.07) is 20.4. The Labute approximate surface area is 178 Å². The summed E-state index contributed by atoms with van der Waals surface area (Å²) in [7, 11) is 0. The largest absolute Gasteiger partial charge is 0.397 e. The molecule has 2 aromatic carbocycles. The summed E-state index contributed by atoms with van der Waals surface area (Å²) < 4.78 is 0. The maximum Gasteiger partial charge on any atom is 0.255 e. The first-order valence-electron chi connectivity index (χ1n) is 9.30. The Morgan fingerprint density at radius 2 is 1.80 bits per heavy atom. The molecule has 0 aliphatic carbocycles. The molecule has 3 N–H and O–H groups in total. The Hall–Kier alpha value is -3.71. The van der Waals surface area contributed by atoms with Crippen molar-refractivity contribution in [1.82, 2.24) is 15.0 Å². The van der Waals surface area contributed by atoms with Crippen LogP contribution in [-0.4, -0.2) is 20.9 Å². The number of anilines is 2. The Bertz CT molecular complexity index is 1150. The average Bonchev–Trinajstić information content (AvgIpc) is 2.80. The zero-order valence-electron chi connectivity index (χ0n) is 16.0. The third kappa shape index (κ3) is 4.82. The summed E-state index contributed by atoms with van der Waals surface area (Å²) in [5.74, 6) is 0.504. The third-order valence-corrected chi connectivity index (χ3v) is 5.32. The van der Waals surface area contributed by atoms with Gasteiger partial charge in [-0.25, -0.2) is 9.97 Å². The van der Waals surface area contributed by atoms with E-state index in [1.807, 2.05) is 42.5 Å². The van der Waals surface area contributed by atoms with Gasteiger partial charge in [0.25, 0.3) is 5.91 Å². The van der Waals surface area contributed by atoms with E-state index in [2.05, 4.69) is 20.3 Å². The molecule has 0 bridgehead atoms. The monoisotopic (exact) mass is 413 g/mol. The smallest absolute Gasteiger partial charge is 0.255 e. The van der Waals surface area contributed by atoms with Crippen LogP contribution in [0.25, 0.3) is 11.3 Å². The first-order valence-corrected chi connectivity index (χ1v) is 10.3. The minimum atomic E-state index is -0.195. The molecule has 0 atom stereocenters. The van der Waals surface area contributed by atoms with Crippen molar-refractivity contribution in [2.75, 3.05) is 11.1 Å². The van der Waals surface area contributed by atoms with Crippen molar-refractivity contribution in [3.8, 4) is 11.3 Å². The SMILES string of the molecule is Nc1ccccc1NC(=O)c1ccc(CSc2nccc(-c3cccnc3)n2)cc1. The van der Waals surface area contributed by atoms with Gasteiger partial charge in [-0.3, -0.25) is 9.78 Å². The van der Waals surface area contributed by atoms with Gasteiger partial charge in [0, 0.05) is 35.5 Å². The van der Waals surface area contributed by atoms with E-state index in [0.29, 0.717) is 27.8 Å². The quantitative estimate of drug-likeness (QED) is 0.271. The highest BCUT2D eigenvalue weighted by Gasteiger charge is 2.08. The van der Waals surface area contributed by atoms with E-state index >= 15 is 0 Å². The highest BCUT2D eigenvalue weighted by molar-refractivity contribution is 7.98. The Balaban J connectivity index is 1.38. The molecule has 0 aliphatic rings. The number of amides is 1. The molecule has 1 amide bonds. The van der Waals surface area contributed by atoms with Crippen LogP contribution in [0.4, 0.5) is 11.4 Å². The normalized spacial score (nSPS) is 10.5. The summed E-state index contributed by atoms with van der Waals surface area (Å²) in [4.78, 5) is 25.5. The first kappa shape index (κ1) is 19.6. The van der Waals surface area contributed by atoms with Crippen LogP contribution < -0.4 is 11.1 Å². The molecule has 4 aromatic rings. The summed E-state index contributed by atoms with van der Waals surface area (Å²) >= 11 is 1.54. The fourth-order valence-corrected chi connectivity index (χ4v) is 3.58. The second-order valence-corrected chi connectivity index (χ2v) is 7.44. The van der Waals surface area contributed by atoms with Crippen LogP contribution in [0.3, 0.4) is 0 Å². The molecule has 0 spiro atoms. The molecule has 30 heavy (non-hydrogen) atoms. The number of nitrogen functional groups attached to an aromatic ring is 1. The van der Waals surface area contributed by atoms with Crippen LogP contribution in [0.5, 0.6) is 0 Å². The van der Waals surface area contributed by atoms with Crippen LogP contribution in [-0.2, 0) is 5.75 Å². The second kappa shape index (κ2) is 9.19. The standard InChI is InChI=1S/C23H19N5OS/c24-19-5-1-2-6-21(19)27-22(29)17-9-7-16(8-10-17)15-30-23-26-13-11-20(28-23)18-4-3-12-25-14-18/h1-14H,15,24H2,(H,27,29). The summed E-state index contributed by atoms with van der Waals surface area (Å²) in [6.45, 7) is 0. The Morgan fingerprint density at radius 3 is 2.57 bits per heavy atom. The lowest BCUT2D eigenvalue weighted by molar-refractivity contribution is 0.102. The minimum Gasteiger partial charge on any atom is -0.397 e. The van der Waals surface area contributed by atoms with Crippen molar-refractivity contribution in [2.24, 2.45) is 0 Å². The van der Waals surface area contributed by atoms with Gasteiger partial charge in [-0.1, -0.05) is 36.0 Å². The van der Waals surface area contributed by atoms with Gasteiger partial charge in [0.05, 0.1) is 17.1 Å². The number of carbonyl (C=O) groups excluding carboxylic acids is 1. The van der Waals surface area contributed by atoms with Crippen LogP contribution >= 0.6 is 11.8 Å². The van der Waals surface area contributed by atoms with Gasteiger partial charge in [-0.2, -0.15) is 0 Å². The number of thioether (sulfide) groups is 1. The fourth-order valence-electron chi connectivity index (χ4n) is 2.79. The lowest BCUT2D eigenvalue weighted by Crippen LogP contribution is -2.13. The number of rotatable bonds is 6. The lowest BCUT2D eigenvalue weighted by Gasteiger charge is -2.08. The number of aromatic nitrogens is 3. The number of carbonyl (C=O) groups is 1. The van der Waals surface area contributed by atoms with E-state index in [0.717, 1.165) is 16.8 Å². The molecule has 0 unspecified atom stereocenters. The molecular weight excluding hydrogens is 394 g/mol. The number of hydrogen-bond donors (Lipinski definition) is 2. The van der Waals surface area contributed by atoms with E-state index < -0.39 is 0 Å². The summed E-state index contributed by atoms with van der Waals surface area (Å²) in [5, 5.41) is 3.52. The molecule has 0 saturated heterocycles. The van der Waals surface area contributed by atoms with Gasteiger partial charge >= 0.3 is 0 Å². The molecule has 4 rings (SSSR count). The molecule has 0 saturated carbocycles. The number of benzene rings is 2. The number of nitrogens with one attached hydrogen (secondary N) is 1. The van der Waals surface area contributed by atoms with Crippen molar-refractivity contribution in [1.29, 1.82) is 0 Å². The van der Waals surface area contributed by atoms with E-state index in [-0.39, 0.29) is 5.91 Å². The van der Waals surface area contributed by atoms with Gasteiger partial charge in [-0.15, -0.1) is 0 Å². The van der Waals surface area contributed by atoms with Crippen molar-refractivity contribution < 1.29 is 4.79 Å². The number of pyridine rings is 1. The molecular formula is C23H19N5OS. The zero-order valence-corrected chi connectivity index (χ0v) is 16.8. The Morgan fingerprint density at radius 1 is 0.967 bits per heavy atom. The van der Waals surface area contributed by atoms with Gasteiger partial charge in [0.1, 0.15) is 0 Å². The number of para-hydroxylation sites is 2. The highest BCUT2D eigenvalue weighted by atomic mass is 32.2. The van der Waals surface area contributed by atoms with Crippen LogP contribution in [0, 0.1) is 0 Å². The van der Waals surface area contributed by atoms with E-state index in [1.54, 1.807) is 54.6 Å². The highest BCUT2D eigenvalue weighted by Crippen LogP contribution is 2.23. The van der Waals surface area contributed by atoms with Crippen molar-refractivity contribution in [2.45, 2.75) is 10.9 Å². The number of nitrogens with two attached hydrogens (primary N) is 1. The number of hydrogen-bond acceptors (Lipinski definition) is 6. The second-order valence-electron chi connectivity index (χ2n) is 6.49. The first-order chi connectivity index (χ1) is 14.7. The topological polar surface area (TPSA) is 93.8 Å². The molecule has 2 heterocycles. The maximum absolute atomic E-state index is 12.4. The summed E-state index contributed by atoms with van der Waals surface area (Å²) in [5.41, 5.74) is 10.5. The van der Waals surface area contributed by atoms with Crippen molar-refractivity contribution in [3.05, 3.63) is 96.4 Å². The summed E-state index contributed by atoms with van der Waals surface area (Å²) in [6.07, 6.45) is 5.27. The minimum absolute atomic E-state index is 0.195. The fraction of sp³-hybridized carbons (Fsp3) is 0.0435. The Kier molecular flexibility index (Phi) is 6.01. The van der Waals surface area contributed by atoms with Crippen LogP contribution in [0.1, 0.15) is 15.9 Å². The van der Waals surface area contributed by atoms with Crippen molar-refractivity contribution in [3.63, 3.8) is 0 Å². The van der Waals surface area contributed by atoms with Gasteiger partial charge in [0.15, 0.2) is 5.16 Å². The average molecular weight is 414 g/mol. The van der Waals surface area contributed by atoms with Crippen molar-refractivity contribution >= 4 is 29.0 Å². The molecule has 7 heteroatoms. The maximum atomic E-state index is 12.4.